The van der Waals surface area contributed by atoms with Crippen LogP contribution in [0.15, 0.2) is 45.8 Å². The Labute approximate surface area is 145 Å². The molecule has 3 rings (SSSR count). The van der Waals surface area contributed by atoms with Crippen molar-refractivity contribution in [3.63, 3.8) is 0 Å². The summed E-state index contributed by atoms with van der Waals surface area (Å²) in [5.74, 6) is 0. The molecule has 22 heavy (non-hydrogen) atoms. The van der Waals surface area contributed by atoms with Gasteiger partial charge in [0, 0.05) is 24.1 Å². The molecule has 0 radical (unpaired) electrons. The average molecular weight is 406 g/mol. The van der Waals surface area contributed by atoms with Gasteiger partial charge in [-0.3, -0.25) is 0 Å². The second-order valence-corrected chi connectivity index (χ2v) is 8.01. The fourth-order valence-electron chi connectivity index (χ4n) is 2.57. The fraction of sp³-hybridized carbons (Fsp3) is 0.333. The minimum Gasteiger partial charge on any atom is -0.315 e. The van der Waals surface area contributed by atoms with E-state index < -0.39 is 10.0 Å². The topological polar surface area (TPSA) is 49.4 Å². The molecule has 4 nitrogen and oxygen atoms in total. The first-order chi connectivity index (χ1) is 10.1. The first kappa shape index (κ1) is 17.7. The van der Waals surface area contributed by atoms with Crippen LogP contribution < -0.4 is 5.32 Å². The van der Waals surface area contributed by atoms with E-state index in [9.17, 15) is 8.42 Å². The third kappa shape index (κ3) is 3.63. The normalized spacial score (nSPS) is 17.0. The second-order valence-electron chi connectivity index (χ2n) is 5.16. The third-order valence-corrected chi connectivity index (χ3v) is 6.10. The largest absolute Gasteiger partial charge is 0.315 e. The summed E-state index contributed by atoms with van der Waals surface area (Å²) < 4.78 is 28.0. The van der Waals surface area contributed by atoms with E-state index in [1.807, 2.05) is 24.3 Å². The highest BCUT2D eigenvalue weighted by molar-refractivity contribution is 9.10. The van der Waals surface area contributed by atoms with Gasteiger partial charge in [0.25, 0.3) is 0 Å². The Morgan fingerprint density at radius 2 is 1.73 bits per heavy atom. The summed E-state index contributed by atoms with van der Waals surface area (Å²) in [7, 11) is -3.41. The molecule has 2 aromatic carbocycles. The Hall–Kier alpha value is -0.660. The van der Waals surface area contributed by atoms with E-state index in [0.717, 1.165) is 28.2 Å². The van der Waals surface area contributed by atoms with Crippen molar-refractivity contribution in [2.45, 2.75) is 11.3 Å². The summed E-state index contributed by atoms with van der Waals surface area (Å²) in [4.78, 5) is 0.374. The first-order valence-corrected chi connectivity index (χ1v) is 9.21. The van der Waals surface area contributed by atoms with E-state index in [0.29, 0.717) is 24.5 Å². The Morgan fingerprint density at radius 1 is 1.00 bits per heavy atom. The number of sulfonamides is 1. The molecule has 0 saturated carbocycles. The minimum atomic E-state index is -3.41. The lowest BCUT2D eigenvalue weighted by Crippen LogP contribution is -2.34. The van der Waals surface area contributed by atoms with Crippen LogP contribution in [-0.2, 0) is 10.0 Å². The van der Waals surface area contributed by atoms with Gasteiger partial charge in [-0.05, 0) is 48.0 Å². The maximum atomic E-state index is 12.7. The zero-order valence-corrected chi connectivity index (χ0v) is 15.2. The smallest absolute Gasteiger partial charge is 0.243 e. The van der Waals surface area contributed by atoms with E-state index in [-0.39, 0.29) is 12.4 Å². The summed E-state index contributed by atoms with van der Waals surface area (Å²) >= 11 is 3.43. The molecular weight excluding hydrogens is 388 g/mol. The molecule has 1 N–H and O–H groups in total. The van der Waals surface area contributed by atoms with Gasteiger partial charge in [0.1, 0.15) is 0 Å². The average Bonchev–Trinajstić information content (AvgIpc) is 2.76. The number of nitrogens with zero attached hydrogens (tertiary/aromatic N) is 1. The lowest BCUT2D eigenvalue weighted by Gasteiger charge is -2.19. The third-order valence-electron chi connectivity index (χ3n) is 3.71. The van der Waals surface area contributed by atoms with Crippen LogP contribution in [-0.4, -0.2) is 38.9 Å². The van der Waals surface area contributed by atoms with Gasteiger partial charge in [-0.15, -0.1) is 12.4 Å². The van der Waals surface area contributed by atoms with Crippen molar-refractivity contribution in [2.24, 2.45) is 0 Å². The van der Waals surface area contributed by atoms with Crippen LogP contribution in [0.25, 0.3) is 10.8 Å². The second kappa shape index (κ2) is 7.27. The van der Waals surface area contributed by atoms with Crippen molar-refractivity contribution in [1.29, 1.82) is 0 Å². The Kier molecular flexibility index (Phi) is 5.85. The molecule has 0 spiro atoms. The van der Waals surface area contributed by atoms with Gasteiger partial charge in [0.15, 0.2) is 0 Å². The molecule has 0 aromatic heterocycles. The van der Waals surface area contributed by atoms with Crippen molar-refractivity contribution in [2.75, 3.05) is 26.2 Å². The molecule has 120 valence electrons. The van der Waals surface area contributed by atoms with Crippen molar-refractivity contribution in [1.82, 2.24) is 9.62 Å². The fourth-order valence-corrected chi connectivity index (χ4v) is 4.46. The number of fused-ring (bicyclic) bond motifs is 1. The van der Waals surface area contributed by atoms with Gasteiger partial charge in [-0.25, -0.2) is 8.42 Å². The highest BCUT2D eigenvalue weighted by Gasteiger charge is 2.25. The number of nitrogens with one attached hydrogen (secondary N) is 1. The van der Waals surface area contributed by atoms with Crippen LogP contribution in [0.4, 0.5) is 0 Å². The number of hydrogen-bond acceptors (Lipinski definition) is 3. The maximum Gasteiger partial charge on any atom is 0.243 e. The number of halogens is 2. The van der Waals surface area contributed by atoms with Crippen LogP contribution in [0.5, 0.6) is 0 Å². The zero-order valence-electron chi connectivity index (χ0n) is 12.0. The minimum absolute atomic E-state index is 0. The van der Waals surface area contributed by atoms with Crippen molar-refractivity contribution in [3.05, 3.63) is 40.9 Å². The number of rotatable bonds is 2. The molecule has 7 heteroatoms. The first-order valence-electron chi connectivity index (χ1n) is 6.97. The van der Waals surface area contributed by atoms with E-state index in [2.05, 4.69) is 21.2 Å². The quantitative estimate of drug-likeness (QED) is 0.835. The van der Waals surface area contributed by atoms with Gasteiger partial charge in [-0.1, -0.05) is 28.1 Å². The highest BCUT2D eigenvalue weighted by atomic mass is 79.9. The molecule has 0 bridgehead atoms. The van der Waals surface area contributed by atoms with E-state index in [1.54, 1.807) is 16.4 Å². The molecule has 2 aromatic rings. The van der Waals surface area contributed by atoms with Gasteiger partial charge in [0.2, 0.25) is 10.0 Å². The van der Waals surface area contributed by atoms with Gasteiger partial charge < -0.3 is 5.32 Å². The highest BCUT2D eigenvalue weighted by Crippen LogP contribution is 2.24. The van der Waals surface area contributed by atoms with E-state index in [4.69, 9.17) is 0 Å². The molecule has 1 fully saturated rings. The van der Waals surface area contributed by atoms with Crippen LogP contribution in [0.1, 0.15) is 6.42 Å². The Morgan fingerprint density at radius 3 is 2.55 bits per heavy atom. The van der Waals surface area contributed by atoms with Crippen molar-refractivity contribution in [3.8, 4) is 0 Å². The van der Waals surface area contributed by atoms with Gasteiger partial charge in [-0.2, -0.15) is 4.31 Å². The van der Waals surface area contributed by atoms with Crippen LogP contribution in [0, 0.1) is 0 Å². The van der Waals surface area contributed by atoms with Gasteiger partial charge in [0.05, 0.1) is 4.90 Å². The lowest BCUT2D eigenvalue weighted by atomic mass is 10.1. The monoisotopic (exact) mass is 404 g/mol. The Bertz CT molecular complexity index is 759. The molecule has 1 saturated heterocycles. The standard InChI is InChI=1S/C15H17BrN2O2S.ClH/c16-14-4-2-13-11-15(5-3-12(13)10-14)21(19,20)18-8-1-6-17-7-9-18;/h2-5,10-11,17H,1,6-9H2;1H. The van der Waals surface area contributed by atoms with Crippen LogP contribution >= 0.6 is 28.3 Å². The SMILES string of the molecule is Cl.O=S(=O)(c1ccc2cc(Br)ccc2c1)N1CCCNCC1. The molecular formula is C15H18BrClN2O2S. The summed E-state index contributed by atoms with van der Waals surface area (Å²) in [5.41, 5.74) is 0. The van der Waals surface area contributed by atoms with Crippen molar-refractivity contribution >= 4 is 49.1 Å². The molecule has 1 heterocycles. The van der Waals surface area contributed by atoms with Crippen molar-refractivity contribution < 1.29 is 8.42 Å². The number of benzene rings is 2. The molecule has 1 aliphatic rings. The predicted molar refractivity (Wildman–Crippen MR) is 95.1 cm³/mol. The number of hydrogen-bond donors (Lipinski definition) is 1. The maximum absolute atomic E-state index is 12.7. The molecule has 0 aliphatic carbocycles. The van der Waals surface area contributed by atoms with Gasteiger partial charge >= 0.3 is 0 Å². The van der Waals surface area contributed by atoms with Crippen LogP contribution in [0.3, 0.4) is 0 Å². The molecule has 0 unspecified atom stereocenters. The summed E-state index contributed by atoms with van der Waals surface area (Å²) in [6.45, 7) is 2.69. The summed E-state index contributed by atoms with van der Waals surface area (Å²) in [6.07, 6.45) is 0.847. The predicted octanol–water partition coefficient (Wildman–Crippen LogP) is 3.01. The molecule has 0 amide bonds. The Balaban J connectivity index is 0.00000176. The lowest BCUT2D eigenvalue weighted by molar-refractivity contribution is 0.432. The van der Waals surface area contributed by atoms with E-state index >= 15 is 0 Å². The summed E-state index contributed by atoms with van der Waals surface area (Å²) in [6, 6.07) is 11.2. The van der Waals surface area contributed by atoms with E-state index in [1.165, 1.54) is 0 Å². The molecule has 0 atom stereocenters. The summed E-state index contributed by atoms with van der Waals surface area (Å²) in [5, 5.41) is 5.19. The zero-order chi connectivity index (χ0) is 14.9. The molecule has 1 aliphatic heterocycles. The van der Waals surface area contributed by atoms with Crippen LogP contribution in [0.2, 0.25) is 0 Å².